The molecule has 1 fully saturated rings. The summed E-state index contributed by atoms with van der Waals surface area (Å²) >= 11 is 3.94. The van der Waals surface area contributed by atoms with Crippen LogP contribution in [0.4, 0.5) is 5.69 Å². The Hall–Kier alpha value is -0.710. The van der Waals surface area contributed by atoms with Crippen LogP contribution in [0, 0.1) is 7.14 Å². The van der Waals surface area contributed by atoms with Crippen molar-refractivity contribution in [2.75, 3.05) is 4.90 Å². The number of carbonyl (C=O) groups is 3. The zero-order valence-electron chi connectivity index (χ0n) is 8.94. The molecule has 1 aliphatic rings. The maximum Gasteiger partial charge on any atom is 0.337 e. The highest BCUT2D eigenvalue weighted by atomic mass is 127. The lowest BCUT2D eigenvalue weighted by atomic mass is 10.1. The SMILES string of the molecule is O=C(O)c1cc(I)cc(I)c1N1C(=O)CCC1=O. The summed E-state index contributed by atoms with van der Waals surface area (Å²) in [4.78, 5) is 35.6. The van der Waals surface area contributed by atoms with E-state index in [1.54, 1.807) is 6.07 Å². The van der Waals surface area contributed by atoms with Crippen LogP contribution in [0.5, 0.6) is 0 Å². The zero-order valence-corrected chi connectivity index (χ0v) is 13.3. The molecule has 1 aromatic carbocycles. The van der Waals surface area contributed by atoms with Crippen molar-refractivity contribution >= 4 is 68.7 Å². The first-order chi connectivity index (χ1) is 8.41. The van der Waals surface area contributed by atoms with E-state index in [1.807, 2.05) is 45.2 Å². The monoisotopic (exact) mass is 471 g/mol. The fourth-order valence-corrected chi connectivity index (χ4v) is 3.87. The van der Waals surface area contributed by atoms with Gasteiger partial charge in [0, 0.05) is 20.0 Å². The Morgan fingerprint density at radius 2 is 1.72 bits per heavy atom. The number of carbonyl (C=O) groups excluding carboxylic acids is 2. The highest BCUT2D eigenvalue weighted by molar-refractivity contribution is 14.1. The van der Waals surface area contributed by atoms with Crippen LogP contribution in [0.3, 0.4) is 0 Å². The Bertz CT molecular complexity index is 554. The Morgan fingerprint density at radius 3 is 2.22 bits per heavy atom. The van der Waals surface area contributed by atoms with E-state index in [0.29, 0.717) is 3.57 Å². The molecule has 1 heterocycles. The lowest BCUT2D eigenvalue weighted by molar-refractivity contribution is -0.121. The fraction of sp³-hybridized carbons (Fsp3) is 0.182. The standard InChI is InChI=1S/C11H7I2NO4/c12-5-3-6(11(17)18)10(7(13)4-5)14-8(15)1-2-9(14)16/h3-4H,1-2H2,(H,17,18). The Morgan fingerprint density at radius 1 is 1.17 bits per heavy atom. The fourth-order valence-electron chi connectivity index (χ4n) is 1.78. The number of halogens is 2. The van der Waals surface area contributed by atoms with E-state index in [-0.39, 0.29) is 35.9 Å². The molecule has 7 heteroatoms. The third kappa shape index (κ3) is 2.37. The van der Waals surface area contributed by atoms with Gasteiger partial charge in [0.1, 0.15) is 0 Å². The molecule has 0 aromatic heterocycles. The van der Waals surface area contributed by atoms with Crippen molar-refractivity contribution in [1.29, 1.82) is 0 Å². The average Bonchev–Trinajstić information content (AvgIpc) is 2.58. The van der Waals surface area contributed by atoms with E-state index in [0.717, 1.165) is 8.47 Å². The minimum Gasteiger partial charge on any atom is -0.478 e. The van der Waals surface area contributed by atoms with Gasteiger partial charge in [0.25, 0.3) is 0 Å². The molecule has 0 bridgehead atoms. The van der Waals surface area contributed by atoms with Gasteiger partial charge < -0.3 is 5.11 Å². The molecule has 1 aromatic rings. The second-order valence-corrected chi connectivity index (χ2v) is 6.12. The molecule has 2 amide bonds. The van der Waals surface area contributed by atoms with E-state index in [1.165, 1.54) is 6.07 Å². The van der Waals surface area contributed by atoms with Gasteiger partial charge in [0.05, 0.1) is 11.3 Å². The maximum absolute atomic E-state index is 11.7. The van der Waals surface area contributed by atoms with Gasteiger partial charge in [0.15, 0.2) is 0 Å². The van der Waals surface area contributed by atoms with Crippen molar-refractivity contribution in [3.05, 3.63) is 24.8 Å². The molecule has 0 spiro atoms. The maximum atomic E-state index is 11.7. The van der Waals surface area contributed by atoms with Gasteiger partial charge in [-0.2, -0.15) is 0 Å². The van der Waals surface area contributed by atoms with Gasteiger partial charge >= 0.3 is 5.97 Å². The lowest BCUT2D eigenvalue weighted by Crippen LogP contribution is -2.31. The predicted octanol–water partition coefficient (Wildman–Crippen LogP) is 2.25. The Kier molecular flexibility index (Phi) is 3.90. The average molecular weight is 471 g/mol. The molecule has 5 nitrogen and oxygen atoms in total. The molecular formula is C11H7I2NO4. The number of amides is 2. The van der Waals surface area contributed by atoms with Gasteiger partial charge in [-0.3, -0.25) is 9.59 Å². The summed E-state index contributed by atoms with van der Waals surface area (Å²) in [6.07, 6.45) is 0.278. The smallest absolute Gasteiger partial charge is 0.337 e. The summed E-state index contributed by atoms with van der Waals surface area (Å²) in [5.41, 5.74) is 0.172. The molecule has 2 rings (SSSR count). The number of rotatable bonds is 2. The van der Waals surface area contributed by atoms with E-state index in [2.05, 4.69) is 0 Å². The Labute approximate surface area is 130 Å². The van der Waals surface area contributed by atoms with Crippen LogP contribution in [0.15, 0.2) is 12.1 Å². The molecule has 1 aliphatic heterocycles. The number of aromatic carboxylic acids is 1. The minimum atomic E-state index is -1.14. The first-order valence-corrected chi connectivity index (χ1v) is 7.15. The molecular weight excluding hydrogens is 464 g/mol. The van der Waals surface area contributed by atoms with Crippen LogP contribution in [-0.4, -0.2) is 22.9 Å². The van der Waals surface area contributed by atoms with Crippen LogP contribution in [-0.2, 0) is 9.59 Å². The molecule has 18 heavy (non-hydrogen) atoms. The second-order valence-electron chi connectivity index (χ2n) is 3.71. The number of imide groups is 1. The van der Waals surface area contributed by atoms with Crippen LogP contribution in [0.2, 0.25) is 0 Å². The topological polar surface area (TPSA) is 74.7 Å². The molecule has 94 valence electrons. The molecule has 0 atom stereocenters. The van der Waals surface area contributed by atoms with Crippen LogP contribution >= 0.6 is 45.2 Å². The van der Waals surface area contributed by atoms with E-state index < -0.39 is 5.97 Å². The molecule has 1 saturated heterocycles. The molecule has 0 saturated carbocycles. The lowest BCUT2D eigenvalue weighted by Gasteiger charge is -2.18. The van der Waals surface area contributed by atoms with Crippen molar-refractivity contribution in [2.24, 2.45) is 0 Å². The number of hydrogen-bond donors (Lipinski definition) is 1. The van der Waals surface area contributed by atoms with Gasteiger partial charge in [-0.05, 0) is 57.3 Å². The summed E-state index contributed by atoms with van der Waals surface area (Å²) in [5, 5.41) is 9.19. The first kappa shape index (κ1) is 13.7. The highest BCUT2D eigenvalue weighted by Gasteiger charge is 2.34. The quantitative estimate of drug-likeness (QED) is 0.531. The number of hydrogen-bond acceptors (Lipinski definition) is 3. The van der Waals surface area contributed by atoms with Gasteiger partial charge in [-0.15, -0.1) is 0 Å². The first-order valence-electron chi connectivity index (χ1n) is 5.00. The van der Waals surface area contributed by atoms with Crippen molar-refractivity contribution in [2.45, 2.75) is 12.8 Å². The van der Waals surface area contributed by atoms with Crippen molar-refractivity contribution < 1.29 is 19.5 Å². The summed E-state index contributed by atoms with van der Waals surface area (Å²) in [6, 6.07) is 3.20. The number of carboxylic acid groups (broad SMARTS) is 1. The predicted molar refractivity (Wildman–Crippen MR) is 80.6 cm³/mol. The molecule has 0 unspecified atom stereocenters. The van der Waals surface area contributed by atoms with Gasteiger partial charge in [-0.1, -0.05) is 0 Å². The zero-order chi connectivity index (χ0) is 13.4. The minimum absolute atomic E-state index is 0.0186. The largest absolute Gasteiger partial charge is 0.478 e. The number of anilines is 1. The van der Waals surface area contributed by atoms with E-state index in [9.17, 15) is 19.5 Å². The highest BCUT2D eigenvalue weighted by Crippen LogP contribution is 2.33. The van der Waals surface area contributed by atoms with Crippen LogP contribution in [0.1, 0.15) is 23.2 Å². The third-order valence-corrected chi connectivity index (χ3v) is 3.98. The Balaban J connectivity index is 2.66. The van der Waals surface area contributed by atoms with Crippen molar-refractivity contribution in [3.8, 4) is 0 Å². The van der Waals surface area contributed by atoms with E-state index >= 15 is 0 Å². The van der Waals surface area contributed by atoms with Crippen molar-refractivity contribution in [1.82, 2.24) is 0 Å². The number of nitrogens with zero attached hydrogens (tertiary/aromatic N) is 1. The summed E-state index contributed by atoms with van der Waals surface area (Å²) in [7, 11) is 0. The van der Waals surface area contributed by atoms with Gasteiger partial charge in [0.2, 0.25) is 11.8 Å². The van der Waals surface area contributed by atoms with Crippen molar-refractivity contribution in [3.63, 3.8) is 0 Å². The van der Waals surface area contributed by atoms with Crippen LogP contribution < -0.4 is 4.90 Å². The van der Waals surface area contributed by atoms with Gasteiger partial charge in [-0.25, -0.2) is 9.69 Å². The normalized spacial score (nSPS) is 15.3. The summed E-state index contributed by atoms with van der Waals surface area (Å²) in [6.45, 7) is 0. The van der Waals surface area contributed by atoms with E-state index in [4.69, 9.17) is 0 Å². The summed E-state index contributed by atoms with van der Waals surface area (Å²) < 4.78 is 1.33. The second kappa shape index (κ2) is 5.11. The third-order valence-electron chi connectivity index (χ3n) is 2.53. The molecule has 0 aliphatic carbocycles. The summed E-state index contributed by atoms with van der Waals surface area (Å²) in [5.74, 6) is -1.84. The number of carboxylic acids is 1. The van der Waals surface area contributed by atoms with Crippen LogP contribution in [0.25, 0.3) is 0 Å². The number of benzene rings is 1. The molecule has 1 N–H and O–H groups in total. The molecule has 0 radical (unpaired) electrons.